The Morgan fingerprint density at radius 1 is 0.467 bits per heavy atom. The standard InChI is InChI=1S/2C6H15P.CH4/c2*1-5(2)7-6(3)4;/h2*5-7H,1-4H3;1H4. The van der Waals surface area contributed by atoms with Gasteiger partial charge in [0.15, 0.2) is 0 Å². The van der Waals surface area contributed by atoms with Crippen LogP contribution in [0.2, 0.25) is 0 Å². The third kappa shape index (κ3) is 31.3. The molecule has 0 aliphatic heterocycles. The summed E-state index contributed by atoms with van der Waals surface area (Å²) in [6.45, 7) is 18.2. The maximum atomic E-state index is 2.28. The molecule has 0 radical (unpaired) electrons. The zero-order chi connectivity index (χ0) is 11.7. The Labute approximate surface area is 103 Å². The number of rotatable bonds is 4. The van der Waals surface area contributed by atoms with Crippen LogP contribution in [0.25, 0.3) is 0 Å². The van der Waals surface area contributed by atoms with Crippen molar-refractivity contribution in [3.8, 4) is 0 Å². The van der Waals surface area contributed by atoms with Gasteiger partial charge in [0.25, 0.3) is 0 Å². The lowest BCUT2D eigenvalue weighted by Gasteiger charge is -2.06. The van der Waals surface area contributed by atoms with Gasteiger partial charge in [-0.1, -0.05) is 62.8 Å². The lowest BCUT2D eigenvalue weighted by molar-refractivity contribution is 1.03. The average Bonchev–Trinajstić information content (AvgIpc) is 1.79. The van der Waals surface area contributed by atoms with E-state index in [1.54, 1.807) is 0 Å². The highest BCUT2D eigenvalue weighted by Crippen LogP contribution is 2.23. The van der Waals surface area contributed by atoms with Gasteiger partial charge in [0.2, 0.25) is 0 Å². The largest absolute Gasteiger partial charge is 0.117 e. The maximum Gasteiger partial charge on any atom is -0.0291 e. The fourth-order valence-corrected chi connectivity index (χ4v) is 4.00. The van der Waals surface area contributed by atoms with Crippen LogP contribution in [0.3, 0.4) is 0 Å². The smallest absolute Gasteiger partial charge is 0.0291 e. The average molecular weight is 252 g/mol. The van der Waals surface area contributed by atoms with E-state index in [1.807, 2.05) is 0 Å². The monoisotopic (exact) mass is 252 g/mol. The molecule has 0 aromatic rings. The van der Waals surface area contributed by atoms with Gasteiger partial charge in [-0.15, -0.1) is 17.2 Å². The normalized spacial score (nSPS) is 10.4. The summed E-state index contributed by atoms with van der Waals surface area (Å²) in [7, 11) is 2.29. The summed E-state index contributed by atoms with van der Waals surface area (Å²) in [6, 6.07) is 0. The van der Waals surface area contributed by atoms with Crippen molar-refractivity contribution in [2.24, 2.45) is 0 Å². The van der Waals surface area contributed by atoms with Crippen LogP contribution in [0.1, 0.15) is 62.8 Å². The van der Waals surface area contributed by atoms with Gasteiger partial charge < -0.3 is 0 Å². The van der Waals surface area contributed by atoms with Gasteiger partial charge in [-0.25, -0.2) is 0 Å². The van der Waals surface area contributed by atoms with Crippen molar-refractivity contribution < 1.29 is 0 Å². The van der Waals surface area contributed by atoms with Crippen molar-refractivity contribution in [1.82, 2.24) is 0 Å². The molecule has 0 aromatic heterocycles. The molecule has 0 aliphatic rings. The molecular formula is C13H34P2. The molecule has 0 saturated heterocycles. The molecule has 0 nitrogen and oxygen atoms in total. The second-order valence-corrected chi connectivity index (χ2v) is 10.2. The molecule has 0 unspecified atom stereocenters. The summed E-state index contributed by atoms with van der Waals surface area (Å²) in [5.74, 6) is 0. The molecule has 0 N–H and O–H groups in total. The first-order valence-electron chi connectivity index (χ1n) is 5.77. The molecule has 15 heavy (non-hydrogen) atoms. The molecular weight excluding hydrogens is 218 g/mol. The van der Waals surface area contributed by atoms with E-state index in [-0.39, 0.29) is 7.43 Å². The molecule has 0 atom stereocenters. The molecule has 0 saturated carbocycles. The van der Waals surface area contributed by atoms with Crippen molar-refractivity contribution in [3.05, 3.63) is 0 Å². The lowest BCUT2D eigenvalue weighted by Crippen LogP contribution is -1.90. The Kier molecular flexibility index (Phi) is 18.3. The van der Waals surface area contributed by atoms with E-state index in [9.17, 15) is 0 Å². The fraction of sp³-hybridized carbons (Fsp3) is 1.00. The summed E-state index contributed by atoms with van der Waals surface area (Å²) in [5.41, 5.74) is 3.61. The Bertz CT molecular complexity index is 81.1. The molecule has 0 fully saturated rings. The Morgan fingerprint density at radius 2 is 0.600 bits per heavy atom. The Balaban J connectivity index is -0.000000180. The zero-order valence-electron chi connectivity index (χ0n) is 11.3. The topological polar surface area (TPSA) is 0 Å². The molecule has 0 rings (SSSR count). The molecule has 0 heterocycles. The van der Waals surface area contributed by atoms with Gasteiger partial charge in [0.05, 0.1) is 0 Å². The van der Waals surface area contributed by atoms with Crippen LogP contribution in [-0.4, -0.2) is 22.6 Å². The molecule has 0 aromatic carbocycles. The highest BCUT2D eigenvalue weighted by Gasteiger charge is 1.95. The number of hydrogen-bond donors (Lipinski definition) is 0. The van der Waals surface area contributed by atoms with Crippen molar-refractivity contribution in [1.29, 1.82) is 0 Å². The fourth-order valence-electron chi connectivity index (χ4n) is 1.33. The SMILES string of the molecule is C.CC(C)PC(C)C.CC(C)PC(C)C. The van der Waals surface area contributed by atoms with Gasteiger partial charge in [-0.3, -0.25) is 0 Å². The Morgan fingerprint density at radius 3 is 0.600 bits per heavy atom. The summed E-state index contributed by atoms with van der Waals surface area (Å²) < 4.78 is 0. The van der Waals surface area contributed by atoms with Gasteiger partial charge in [-0.2, -0.15) is 0 Å². The molecule has 0 bridgehead atoms. The van der Waals surface area contributed by atoms with E-state index in [1.165, 1.54) is 0 Å². The van der Waals surface area contributed by atoms with Crippen molar-refractivity contribution in [2.45, 2.75) is 85.5 Å². The predicted molar refractivity (Wildman–Crippen MR) is 83.9 cm³/mol. The van der Waals surface area contributed by atoms with E-state index < -0.39 is 0 Å². The predicted octanol–water partition coefficient (Wildman–Crippen LogP) is 5.60. The molecule has 0 amide bonds. The summed E-state index contributed by atoms with van der Waals surface area (Å²) in [6.07, 6.45) is 0. The minimum Gasteiger partial charge on any atom is -0.117 e. The molecule has 0 spiro atoms. The minimum absolute atomic E-state index is 0. The lowest BCUT2D eigenvalue weighted by atomic mass is 10.5. The van der Waals surface area contributed by atoms with Crippen LogP contribution >= 0.6 is 17.2 Å². The minimum atomic E-state index is 0. The van der Waals surface area contributed by atoms with Crippen LogP contribution in [0, 0.1) is 0 Å². The van der Waals surface area contributed by atoms with E-state index in [0.717, 1.165) is 39.8 Å². The van der Waals surface area contributed by atoms with Gasteiger partial charge in [0, 0.05) is 0 Å². The quantitative estimate of drug-likeness (QED) is 0.571. The maximum absolute atomic E-state index is 2.28. The second-order valence-electron chi connectivity index (χ2n) is 4.95. The van der Waals surface area contributed by atoms with Crippen molar-refractivity contribution >= 4 is 17.2 Å². The van der Waals surface area contributed by atoms with Gasteiger partial charge in [0.1, 0.15) is 0 Å². The second kappa shape index (κ2) is 12.9. The van der Waals surface area contributed by atoms with E-state index in [4.69, 9.17) is 0 Å². The Hall–Kier alpha value is 0.860. The van der Waals surface area contributed by atoms with Crippen LogP contribution in [0.15, 0.2) is 0 Å². The molecule has 0 aliphatic carbocycles. The number of hydrogen-bond acceptors (Lipinski definition) is 0. The highest BCUT2D eigenvalue weighted by molar-refractivity contribution is 7.39. The van der Waals surface area contributed by atoms with E-state index >= 15 is 0 Å². The first-order valence-corrected chi connectivity index (χ1v) is 8.08. The van der Waals surface area contributed by atoms with Crippen LogP contribution in [-0.2, 0) is 0 Å². The third-order valence-corrected chi connectivity index (χ3v) is 4.00. The molecule has 2 heteroatoms. The van der Waals surface area contributed by atoms with Gasteiger partial charge >= 0.3 is 0 Å². The summed E-state index contributed by atoms with van der Waals surface area (Å²) in [5, 5.41) is 0. The zero-order valence-corrected chi connectivity index (χ0v) is 13.3. The first-order chi connectivity index (χ1) is 6.25. The summed E-state index contributed by atoms with van der Waals surface area (Å²) >= 11 is 0. The highest BCUT2D eigenvalue weighted by atomic mass is 31.1. The van der Waals surface area contributed by atoms with Crippen molar-refractivity contribution in [3.63, 3.8) is 0 Å². The van der Waals surface area contributed by atoms with Crippen molar-refractivity contribution in [2.75, 3.05) is 0 Å². The summed E-state index contributed by atoms with van der Waals surface area (Å²) in [4.78, 5) is 0. The first kappa shape index (κ1) is 21.2. The third-order valence-electron chi connectivity index (χ3n) is 1.33. The van der Waals surface area contributed by atoms with E-state index in [0.29, 0.717) is 0 Å². The molecule has 96 valence electrons. The van der Waals surface area contributed by atoms with E-state index in [2.05, 4.69) is 55.4 Å². The van der Waals surface area contributed by atoms with Crippen LogP contribution in [0.5, 0.6) is 0 Å². The van der Waals surface area contributed by atoms with Gasteiger partial charge in [-0.05, 0) is 22.6 Å². The van der Waals surface area contributed by atoms with Crippen LogP contribution in [0.4, 0.5) is 0 Å². The van der Waals surface area contributed by atoms with Crippen LogP contribution < -0.4 is 0 Å².